The highest BCUT2D eigenvalue weighted by Gasteiger charge is 2.23. The molecule has 7 heteroatoms. The summed E-state index contributed by atoms with van der Waals surface area (Å²) in [5.41, 5.74) is 2.73. The van der Waals surface area contributed by atoms with Gasteiger partial charge in [-0.05, 0) is 68.3 Å². The number of nitrogens with zero attached hydrogens (tertiary/aromatic N) is 4. The number of hydrogen-bond donors (Lipinski definition) is 1. The molecule has 5 nitrogen and oxygen atoms in total. The Kier molecular flexibility index (Phi) is 6.09. The van der Waals surface area contributed by atoms with Gasteiger partial charge in [-0.3, -0.25) is 9.56 Å². The van der Waals surface area contributed by atoms with Crippen molar-refractivity contribution in [3.8, 4) is 5.69 Å². The highest BCUT2D eigenvalue weighted by Crippen LogP contribution is 2.26. The van der Waals surface area contributed by atoms with E-state index < -0.39 is 0 Å². The first-order valence-corrected chi connectivity index (χ1v) is 10.0. The molecule has 3 aromatic rings. The third-order valence-corrected chi connectivity index (χ3v) is 5.04. The first-order chi connectivity index (χ1) is 14.7. The van der Waals surface area contributed by atoms with Crippen molar-refractivity contribution in [3.05, 3.63) is 89.5 Å². The Balaban J connectivity index is 1.65. The molecule has 0 fully saturated rings. The van der Waals surface area contributed by atoms with Crippen LogP contribution in [0.2, 0.25) is 0 Å². The second-order valence-corrected chi connectivity index (χ2v) is 7.16. The maximum Gasteiger partial charge on any atom is 0.159 e. The summed E-state index contributed by atoms with van der Waals surface area (Å²) in [5, 5.41) is 12.0. The molecule has 1 aliphatic rings. The fourth-order valence-electron chi connectivity index (χ4n) is 3.57. The van der Waals surface area contributed by atoms with Crippen LogP contribution in [0.3, 0.4) is 0 Å². The number of aromatic nitrogens is 3. The molecule has 30 heavy (non-hydrogen) atoms. The second kappa shape index (κ2) is 9.09. The van der Waals surface area contributed by atoms with Gasteiger partial charge in [0.1, 0.15) is 18.2 Å². The number of halogens is 2. The topological polar surface area (TPSA) is 55.1 Å². The lowest BCUT2D eigenvalue weighted by atomic mass is 10.00. The summed E-state index contributed by atoms with van der Waals surface area (Å²) in [6.45, 7) is 5.45. The van der Waals surface area contributed by atoms with Gasteiger partial charge in [-0.2, -0.15) is 0 Å². The summed E-state index contributed by atoms with van der Waals surface area (Å²) >= 11 is 0. The minimum atomic E-state index is -0.359. The molecule has 2 heterocycles. The molecule has 1 aliphatic heterocycles. The lowest BCUT2D eigenvalue weighted by Gasteiger charge is -2.14. The predicted octanol–water partition coefficient (Wildman–Crippen LogP) is 4.34. The monoisotopic (exact) mass is 407 g/mol. The van der Waals surface area contributed by atoms with Crippen LogP contribution in [-0.4, -0.2) is 27.0 Å². The van der Waals surface area contributed by atoms with Crippen molar-refractivity contribution in [2.24, 2.45) is 4.99 Å². The number of rotatable bonds is 8. The maximum absolute atomic E-state index is 14.2. The lowest BCUT2D eigenvalue weighted by molar-refractivity contribution is 0.603. The van der Waals surface area contributed by atoms with Gasteiger partial charge >= 0.3 is 0 Å². The van der Waals surface area contributed by atoms with Crippen molar-refractivity contribution in [3.63, 3.8) is 0 Å². The zero-order valence-electron chi connectivity index (χ0n) is 16.6. The van der Waals surface area contributed by atoms with Gasteiger partial charge in [-0.25, -0.2) is 8.78 Å². The molecule has 0 saturated carbocycles. The molecule has 2 aromatic carbocycles. The maximum atomic E-state index is 14.2. The molecule has 0 saturated heterocycles. The fourth-order valence-corrected chi connectivity index (χ4v) is 3.57. The summed E-state index contributed by atoms with van der Waals surface area (Å²) in [6.07, 6.45) is 5.07. The lowest BCUT2D eigenvalue weighted by Crippen LogP contribution is -2.19. The normalized spacial score (nSPS) is 12.7. The molecular formula is C23H23F2N5. The van der Waals surface area contributed by atoms with Crippen LogP contribution in [-0.2, 0) is 13.1 Å². The van der Waals surface area contributed by atoms with E-state index in [1.54, 1.807) is 18.2 Å². The van der Waals surface area contributed by atoms with E-state index in [1.165, 1.54) is 24.3 Å². The average molecular weight is 407 g/mol. The van der Waals surface area contributed by atoms with Crippen molar-refractivity contribution in [1.29, 1.82) is 0 Å². The fraction of sp³-hybridized carbons (Fsp3) is 0.261. The first-order valence-electron chi connectivity index (χ1n) is 10.0. The molecule has 0 atom stereocenters. The van der Waals surface area contributed by atoms with E-state index in [1.807, 2.05) is 10.6 Å². The van der Waals surface area contributed by atoms with Crippen LogP contribution in [0.25, 0.3) is 5.69 Å². The number of unbranched alkanes of at least 4 members (excludes halogenated alkanes) is 2. The Morgan fingerprint density at radius 2 is 1.83 bits per heavy atom. The van der Waals surface area contributed by atoms with E-state index in [-0.39, 0.29) is 11.6 Å². The molecule has 0 amide bonds. The molecule has 154 valence electrons. The van der Waals surface area contributed by atoms with E-state index in [0.29, 0.717) is 30.2 Å². The van der Waals surface area contributed by atoms with Crippen molar-refractivity contribution >= 4 is 5.71 Å². The zero-order valence-corrected chi connectivity index (χ0v) is 16.6. The average Bonchev–Trinajstić information content (AvgIpc) is 3.07. The Morgan fingerprint density at radius 3 is 2.63 bits per heavy atom. The van der Waals surface area contributed by atoms with E-state index in [9.17, 15) is 8.78 Å². The van der Waals surface area contributed by atoms with Crippen molar-refractivity contribution in [2.45, 2.75) is 32.4 Å². The van der Waals surface area contributed by atoms with E-state index in [0.717, 1.165) is 42.9 Å². The van der Waals surface area contributed by atoms with Gasteiger partial charge in [0.25, 0.3) is 0 Å². The number of nitrogens with one attached hydrogen (secondary N) is 1. The quantitative estimate of drug-likeness (QED) is 0.446. The molecule has 0 unspecified atom stereocenters. The van der Waals surface area contributed by atoms with Crippen LogP contribution < -0.4 is 5.32 Å². The first kappa shape index (κ1) is 20.1. The Morgan fingerprint density at radius 1 is 1.03 bits per heavy atom. The summed E-state index contributed by atoms with van der Waals surface area (Å²) in [5.74, 6) is 0.744. The summed E-state index contributed by atoms with van der Waals surface area (Å²) < 4.78 is 29.5. The van der Waals surface area contributed by atoms with E-state index >= 15 is 0 Å². The Hall–Kier alpha value is -3.19. The molecular weight excluding hydrogens is 384 g/mol. The molecule has 0 aliphatic carbocycles. The molecule has 0 bridgehead atoms. The zero-order chi connectivity index (χ0) is 20.9. The van der Waals surface area contributed by atoms with E-state index in [4.69, 9.17) is 0 Å². The van der Waals surface area contributed by atoms with Crippen LogP contribution in [0.4, 0.5) is 8.78 Å². The summed E-state index contributed by atoms with van der Waals surface area (Å²) in [7, 11) is 0. The SMILES string of the molecule is C=CCCCCNCc1nnc2n1-c1ccc(F)cc1C(c1ccc(F)cc1)=NC2. The number of aliphatic imine (C=N–C) groups is 1. The number of allylic oxidation sites excluding steroid dienone is 1. The number of benzene rings is 2. The molecule has 1 aromatic heterocycles. The van der Waals surface area contributed by atoms with Gasteiger partial charge in [0.15, 0.2) is 11.6 Å². The van der Waals surface area contributed by atoms with Crippen molar-refractivity contribution in [2.75, 3.05) is 6.54 Å². The smallest absolute Gasteiger partial charge is 0.159 e. The molecule has 1 N–H and O–H groups in total. The Labute approximate surface area is 174 Å². The molecule has 0 radical (unpaired) electrons. The third kappa shape index (κ3) is 4.21. The van der Waals surface area contributed by atoms with Gasteiger partial charge in [-0.1, -0.05) is 6.08 Å². The van der Waals surface area contributed by atoms with Gasteiger partial charge < -0.3 is 5.32 Å². The van der Waals surface area contributed by atoms with E-state index in [2.05, 4.69) is 27.1 Å². The second-order valence-electron chi connectivity index (χ2n) is 7.16. The minimum Gasteiger partial charge on any atom is -0.310 e. The standard InChI is InChI=1S/C23H23F2N5/c1-2-3-4-5-12-26-14-21-28-29-22-15-27-23(16-6-8-17(24)9-7-16)19-13-18(25)10-11-20(19)30(21)22/h2,6-11,13,26H,1,3-5,12,14-15H2. The van der Waals surface area contributed by atoms with Crippen LogP contribution in [0.1, 0.15) is 42.0 Å². The van der Waals surface area contributed by atoms with Crippen molar-refractivity contribution < 1.29 is 8.78 Å². The van der Waals surface area contributed by atoms with Crippen LogP contribution in [0.5, 0.6) is 0 Å². The number of hydrogen-bond acceptors (Lipinski definition) is 4. The Bertz CT molecular complexity index is 1070. The largest absolute Gasteiger partial charge is 0.310 e. The highest BCUT2D eigenvalue weighted by atomic mass is 19.1. The summed E-state index contributed by atoms with van der Waals surface area (Å²) in [6, 6.07) is 10.7. The van der Waals surface area contributed by atoms with Crippen LogP contribution in [0, 0.1) is 11.6 Å². The van der Waals surface area contributed by atoms with Gasteiger partial charge in [0.05, 0.1) is 17.9 Å². The van der Waals surface area contributed by atoms with Crippen LogP contribution >= 0.6 is 0 Å². The third-order valence-electron chi connectivity index (χ3n) is 5.04. The molecule has 4 rings (SSSR count). The van der Waals surface area contributed by atoms with Gasteiger partial charge in [0, 0.05) is 11.1 Å². The number of fused-ring (bicyclic) bond motifs is 3. The molecule has 0 spiro atoms. The minimum absolute atomic E-state index is 0.301. The van der Waals surface area contributed by atoms with Crippen molar-refractivity contribution in [1.82, 2.24) is 20.1 Å². The highest BCUT2D eigenvalue weighted by molar-refractivity contribution is 6.15. The van der Waals surface area contributed by atoms with Crippen LogP contribution in [0.15, 0.2) is 60.1 Å². The van der Waals surface area contributed by atoms with Gasteiger partial charge in [-0.15, -0.1) is 16.8 Å². The van der Waals surface area contributed by atoms with Gasteiger partial charge in [0.2, 0.25) is 0 Å². The summed E-state index contributed by atoms with van der Waals surface area (Å²) in [4.78, 5) is 4.66. The predicted molar refractivity (Wildman–Crippen MR) is 113 cm³/mol.